The summed E-state index contributed by atoms with van der Waals surface area (Å²) in [5.74, 6) is -0.339. The fraction of sp³-hybridized carbons (Fsp3) is 0.278. The summed E-state index contributed by atoms with van der Waals surface area (Å²) in [6.45, 7) is 6.56. The summed E-state index contributed by atoms with van der Waals surface area (Å²) in [6, 6.07) is 16.7. The van der Waals surface area contributed by atoms with Crippen LogP contribution < -0.4 is 0 Å². The molecule has 0 atom stereocenters. The zero-order valence-corrected chi connectivity index (χ0v) is 12.4. The van der Waals surface area contributed by atoms with E-state index in [2.05, 4.69) is 51.1 Å². The van der Waals surface area contributed by atoms with E-state index < -0.39 is 0 Å². The molecule has 0 aliphatic rings. The standard InChI is InChI=1S/C18H19O2/c1-18(2,3)16-10-8-13(9-11-16)14-6-5-7-15(12-14)17(19)20-4/h6-12H,1-4H3. The van der Waals surface area contributed by atoms with E-state index >= 15 is 0 Å². The van der Waals surface area contributed by atoms with Gasteiger partial charge in [0.1, 0.15) is 0 Å². The third kappa shape index (κ3) is 3.08. The Morgan fingerprint density at radius 3 is 2.25 bits per heavy atom. The average molecular weight is 267 g/mol. The molecule has 2 heteroatoms. The van der Waals surface area contributed by atoms with Crippen molar-refractivity contribution in [3.8, 4) is 11.1 Å². The van der Waals surface area contributed by atoms with Crippen molar-refractivity contribution in [3.05, 3.63) is 59.7 Å². The van der Waals surface area contributed by atoms with E-state index in [4.69, 9.17) is 4.74 Å². The molecule has 0 saturated carbocycles. The first-order valence-electron chi connectivity index (χ1n) is 6.62. The van der Waals surface area contributed by atoms with Crippen molar-refractivity contribution in [2.45, 2.75) is 26.2 Å². The van der Waals surface area contributed by atoms with Gasteiger partial charge in [-0.05, 0) is 46.4 Å². The van der Waals surface area contributed by atoms with Crippen LogP contribution in [0.15, 0.2) is 42.5 Å². The Morgan fingerprint density at radius 1 is 1.05 bits per heavy atom. The Labute approximate surface area is 120 Å². The van der Waals surface area contributed by atoms with Crippen molar-refractivity contribution in [3.63, 3.8) is 0 Å². The van der Waals surface area contributed by atoms with E-state index in [9.17, 15) is 4.79 Å². The highest BCUT2D eigenvalue weighted by atomic mass is 16.5. The maximum atomic E-state index is 11.5. The van der Waals surface area contributed by atoms with Crippen molar-refractivity contribution < 1.29 is 9.53 Å². The zero-order chi connectivity index (χ0) is 14.8. The van der Waals surface area contributed by atoms with Crippen LogP contribution in [-0.2, 0) is 10.2 Å². The van der Waals surface area contributed by atoms with Gasteiger partial charge >= 0.3 is 5.97 Å². The summed E-state index contributed by atoms with van der Waals surface area (Å²) in [7, 11) is 1.38. The fourth-order valence-electron chi connectivity index (χ4n) is 2.04. The first kappa shape index (κ1) is 14.3. The van der Waals surface area contributed by atoms with Gasteiger partial charge in [0.25, 0.3) is 0 Å². The fourth-order valence-corrected chi connectivity index (χ4v) is 2.04. The van der Waals surface area contributed by atoms with Gasteiger partial charge in [0.05, 0.1) is 12.7 Å². The summed E-state index contributed by atoms with van der Waals surface area (Å²) < 4.78 is 4.73. The highest BCUT2D eigenvalue weighted by Crippen LogP contribution is 2.26. The molecule has 0 spiro atoms. The third-order valence-electron chi connectivity index (χ3n) is 3.29. The minimum absolute atomic E-state index is 0.137. The molecule has 103 valence electrons. The number of carbonyl (C=O) groups is 1. The van der Waals surface area contributed by atoms with E-state index in [-0.39, 0.29) is 11.4 Å². The number of hydrogen-bond donors (Lipinski definition) is 0. The molecule has 0 aliphatic heterocycles. The van der Waals surface area contributed by atoms with Crippen molar-refractivity contribution in [1.29, 1.82) is 0 Å². The lowest BCUT2D eigenvalue weighted by molar-refractivity contribution is 0.0601. The van der Waals surface area contributed by atoms with Crippen molar-refractivity contribution in [2.75, 3.05) is 7.11 Å². The smallest absolute Gasteiger partial charge is 0.337 e. The second kappa shape index (κ2) is 5.49. The molecule has 2 aromatic carbocycles. The van der Waals surface area contributed by atoms with Crippen LogP contribution >= 0.6 is 0 Å². The van der Waals surface area contributed by atoms with E-state index in [0.29, 0.717) is 5.56 Å². The summed E-state index contributed by atoms with van der Waals surface area (Å²) in [6.07, 6.45) is 0. The molecule has 0 unspecified atom stereocenters. The number of benzene rings is 2. The van der Waals surface area contributed by atoms with Gasteiger partial charge < -0.3 is 4.74 Å². The van der Waals surface area contributed by atoms with Gasteiger partial charge in [-0.3, -0.25) is 0 Å². The molecule has 2 aromatic rings. The average Bonchev–Trinajstić information content (AvgIpc) is 2.46. The first-order chi connectivity index (χ1) is 9.41. The molecule has 0 saturated heterocycles. The highest BCUT2D eigenvalue weighted by Gasteiger charge is 2.13. The SMILES string of the molecule is COC(=O)c1c[c]cc(-c2ccc(C(C)(C)C)cc2)c1. The molecule has 0 aliphatic carbocycles. The predicted octanol–water partition coefficient (Wildman–Crippen LogP) is 4.24. The lowest BCUT2D eigenvalue weighted by atomic mass is 9.86. The molecular weight excluding hydrogens is 248 g/mol. The van der Waals surface area contributed by atoms with Crippen molar-refractivity contribution in [2.24, 2.45) is 0 Å². The first-order valence-corrected chi connectivity index (χ1v) is 6.62. The number of rotatable bonds is 2. The maximum absolute atomic E-state index is 11.5. The number of hydrogen-bond acceptors (Lipinski definition) is 2. The van der Waals surface area contributed by atoms with Crippen LogP contribution in [0.1, 0.15) is 36.7 Å². The van der Waals surface area contributed by atoms with Crippen LogP contribution in [0, 0.1) is 6.07 Å². The zero-order valence-electron chi connectivity index (χ0n) is 12.4. The van der Waals surface area contributed by atoms with E-state index in [0.717, 1.165) is 11.1 Å². The molecule has 2 nitrogen and oxygen atoms in total. The largest absolute Gasteiger partial charge is 0.465 e. The van der Waals surface area contributed by atoms with Crippen LogP contribution in [0.3, 0.4) is 0 Å². The molecule has 1 radical (unpaired) electrons. The Balaban J connectivity index is 2.35. The van der Waals surface area contributed by atoms with Crippen LogP contribution in [0.5, 0.6) is 0 Å². The highest BCUT2D eigenvalue weighted by molar-refractivity contribution is 5.90. The Kier molecular flexibility index (Phi) is 3.93. The monoisotopic (exact) mass is 267 g/mol. The van der Waals surface area contributed by atoms with Crippen molar-refractivity contribution >= 4 is 5.97 Å². The van der Waals surface area contributed by atoms with Gasteiger partial charge in [-0.1, -0.05) is 45.0 Å². The van der Waals surface area contributed by atoms with E-state index in [1.54, 1.807) is 6.07 Å². The molecule has 0 aromatic heterocycles. The molecule has 0 amide bonds. The third-order valence-corrected chi connectivity index (χ3v) is 3.29. The number of esters is 1. The molecular formula is C18H19O2. The number of carbonyl (C=O) groups excluding carboxylic acids is 1. The summed E-state index contributed by atoms with van der Waals surface area (Å²) in [5, 5.41) is 0. The van der Waals surface area contributed by atoms with Crippen molar-refractivity contribution in [1.82, 2.24) is 0 Å². The lowest BCUT2D eigenvalue weighted by Crippen LogP contribution is -2.10. The van der Waals surface area contributed by atoms with Gasteiger partial charge in [0.2, 0.25) is 0 Å². The van der Waals surface area contributed by atoms with E-state index in [1.807, 2.05) is 12.1 Å². The second-order valence-electron chi connectivity index (χ2n) is 5.83. The van der Waals surface area contributed by atoms with Crippen LogP contribution in [0.25, 0.3) is 11.1 Å². The molecule has 20 heavy (non-hydrogen) atoms. The summed E-state index contributed by atoms with van der Waals surface area (Å²) in [5.41, 5.74) is 3.98. The van der Waals surface area contributed by atoms with Gasteiger partial charge in [-0.25, -0.2) is 4.79 Å². The second-order valence-corrected chi connectivity index (χ2v) is 5.83. The minimum atomic E-state index is -0.339. The van der Waals surface area contributed by atoms with Gasteiger partial charge in [-0.15, -0.1) is 0 Å². The summed E-state index contributed by atoms with van der Waals surface area (Å²) >= 11 is 0. The normalized spacial score (nSPS) is 11.2. The number of ether oxygens (including phenoxy) is 1. The lowest BCUT2D eigenvalue weighted by Gasteiger charge is -2.19. The molecule has 0 heterocycles. The molecule has 0 N–H and O–H groups in total. The van der Waals surface area contributed by atoms with E-state index in [1.165, 1.54) is 12.7 Å². The van der Waals surface area contributed by atoms with Gasteiger partial charge in [0, 0.05) is 0 Å². The summed E-state index contributed by atoms with van der Waals surface area (Å²) in [4.78, 5) is 11.5. The quantitative estimate of drug-likeness (QED) is 0.761. The topological polar surface area (TPSA) is 26.3 Å². The van der Waals surface area contributed by atoms with Crippen LogP contribution in [0.4, 0.5) is 0 Å². The molecule has 0 bridgehead atoms. The van der Waals surface area contributed by atoms with Gasteiger partial charge in [0.15, 0.2) is 0 Å². The Hall–Kier alpha value is -2.09. The van der Waals surface area contributed by atoms with Gasteiger partial charge in [-0.2, -0.15) is 0 Å². The molecule has 2 rings (SSSR count). The Morgan fingerprint density at radius 2 is 1.70 bits per heavy atom. The minimum Gasteiger partial charge on any atom is -0.465 e. The molecule has 0 fully saturated rings. The van der Waals surface area contributed by atoms with Crippen LogP contribution in [0.2, 0.25) is 0 Å². The Bertz CT molecular complexity index is 604. The maximum Gasteiger partial charge on any atom is 0.337 e. The van der Waals surface area contributed by atoms with Crippen LogP contribution in [-0.4, -0.2) is 13.1 Å². The predicted molar refractivity (Wildman–Crippen MR) is 80.8 cm³/mol. The number of methoxy groups -OCH3 is 1.